The molecular formula is C16H23F3N2O3. The minimum absolute atomic E-state index is 0.160. The number of likely N-dealkylation sites (N-methyl/N-ethyl adjacent to an activating group) is 2. The van der Waals surface area contributed by atoms with Gasteiger partial charge in [-0.2, -0.15) is 13.2 Å². The lowest BCUT2D eigenvalue weighted by molar-refractivity contribution is -0.274. The molecule has 1 aliphatic heterocycles. The molecule has 2 atom stereocenters. The molecule has 1 N–H and O–H groups in total. The maximum atomic E-state index is 13.4. The van der Waals surface area contributed by atoms with E-state index < -0.39 is 29.9 Å². The normalized spacial score (nSPS) is 22.2. The minimum Gasteiger partial charge on any atom is -0.463 e. The third-order valence-electron chi connectivity index (χ3n) is 4.56. The average Bonchev–Trinajstić information content (AvgIpc) is 2.92. The first-order valence-electron chi connectivity index (χ1n) is 7.85. The third kappa shape index (κ3) is 3.75. The van der Waals surface area contributed by atoms with Crippen molar-refractivity contribution in [2.24, 2.45) is 0 Å². The van der Waals surface area contributed by atoms with Gasteiger partial charge in [0.1, 0.15) is 11.5 Å². The van der Waals surface area contributed by atoms with Crippen LogP contribution < -0.4 is 0 Å². The molecule has 0 saturated carbocycles. The number of alkyl halides is 3. The first-order valence-corrected chi connectivity index (χ1v) is 7.85. The first kappa shape index (κ1) is 18.8. The number of furan rings is 1. The van der Waals surface area contributed by atoms with Gasteiger partial charge in [-0.15, -0.1) is 0 Å². The van der Waals surface area contributed by atoms with E-state index in [1.54, 1.807) is 0 Å². The van der Waals surface area contributed by atoms with Crippen molar-refractivity contribution in [1.29, 1.82) is 0 Å². The largest absolute Gasteiger partial charge is 0.463 e. The fourth-order valence-electron chi connectivity index (χ4n) is 2.99. The first-order chi connectivity index (χ1) is 11.0. The highest BCUT2D eigenvalue weighted by atomic mass is 19.4. The van der Waals surface area contributed by atoms with Crippen molar-refractivity contribution in [3.8, 4) is 0 Å². The van der Waals surface area contributed by atoms with Crippen LogP contribution in [0.1, 0.15) is 30.8 Å². The maximum absolute atomic E-state index is 13.4. The van der Waals surface area contributed by atoms with Gasteiger partial charge in [0.2, 0.25) is 11.5 Å². The number of carbonyl (C=O) groups excluding carboxylic acids is 1. The molecule has 0 radical (unpaired) electrons. The molecule has 0 aliphatic carbocycles. The van der Waals surface area contributed by atoms with Gasteiger partial charge in [-0.3, -0.25) is 4.79 Å². The monoisotopic (exact) mass is 348 g/mol. The van der Waals surface area contributed by atoms with Gasteiger partial charge < -0.3 is 19.3 Å². The zero-order valence-corrected chi connectivity index (χ0v) is 14.1. The van der Waals surface area contributed by atoms with Gasteiger partial charge in [0, 0.05) is 19.6 Å². The van der Waals surface area contributed by atoms with Crippen LogP contribution >= 0.6 is 0 Å². The summed E-state index contributed by atoms with van der Waals surface area (Å²) < 4.78 is 45.3. The van der Waals surface area contributed by atoms with Gasteiger partial charge in [0.15, 0.2) is 0 Å². The van der Waals surface area contributed by atoms with Gasteiger partial charge in [-0.25, -0.2) is 0 Å². The summed E-state index contributed by atoms with van der Waals surface area (Å²) >= 11 is 0. The molecule has 0 aromatic carbocycles. The molecule has 2 unspecified atom stereocenters. The van der Waals surface area contributed by atoms with Crippen LogP contribution in [0.4, 0.5) is 13.2 Å². The summed E-state index contributed by atoms with van der Waals surface area (Å²) in [5.74, 6) is -1.18. The fourth-order valence-corrected chi connectivity index (χ4v) is 2.99. The molecule has 2 rings (SSSR count). The Balaban J connectivity index is 2.19. The van der Waals surface area contributed by atoms with Gasteiger partial charge in [0.05, 0.1) is 6.42 Å². The molecule has 1 aromatic rings. The van der Waals surface area contributed by atoms with Gasteiger partial charge in [-0.05, 0) is 45.5 Å². The summed E-state index contributed by atoms with van der Waals surface area (Å²) in [6.07, 6.45) is -4.51. The van der Waals surface area contributed by atoms with Crippen molar-refractivity contribution in [2.45, 2.75) is 44.0 Å². The molecule has 2 heterocycles. The number of amides is 1. The topological polar surface area (TPSA) is 56.9 Å². The molecule has 1 fully saturated rings. The Bertz CT molecular complexity index is 587. The van der Waals surface area contributed by atoms with E-state index in [0.717, 1.165) is 25.5 Å². The number of carbonyl (C=O) groups is 1. The van der Waals surface area contributed by atoms with Crippen LogP contribution in [0.25, 0.3) is 0 Å². The summed E-state index contributed by atoms with van der Waals surface area (Å²) in [7, 11) is 3.39. The van der Waals surface area contributed by atoms with Gasteiger partial charge >= 0.3 is 6.18 Å². The number of rotatable bonds is 4. The zero-order chi connectivity index (χ0) is 18.1. The fraction of sp³-hybridized carbons (Fsp3) is 0.688. The molecule has 1 amide bonds. The van der Waals surface area contributed by atoms with Crippen LogP contribution in [0.2, 0.25) is 0 Å². The van der Waals surface area contributed by atoms with Gasteiger partial charge in [0.25, 0.3) is 0 Å². The Morgan fingerprint density at radius 1 is 1.46 bits per heavy atom. The molecule has 0 bridgehead atoms. The van der Waals surface area contributed by atoms with Crippen LogP contribution in [0.3, 0.4) is 0 Å². The minimum atomic E-state index is -5.02. The Kier molecular flexibility index (Phi) is 5.29. The van der Waals surface area contributed by atoms with Crippen molar-refractivity contribution < 1.29 is 27.5 Å². The molecule has 1 aromatic heterocycles. The van der Waals surface area contributed by atoms with Crippen molar-refractivity contribution in [2.75, 3.05) is 27.2 Å². The van der Waals surface area contributed by atoms with E-state index in [9.17, 15) is 23.1 Å². The molecule has 136 valence electrons. The Labute approximate surface area is 139 Å². The molecule has 8 heteroatoms. The van der Waals surface area contributed by atoms with E-state index >= 15 is 0 Å². The van der Waals surface area contributed by atoms with E-state index in [1.807, 2.05) is 11.9 Å². The number of aryl methyl sites for hydroxylation is 1. The second-order valence-electron chi connectivity index (χ2n) is 6.51. The second kappa shape index (κ2) is 6.76. The van der Waals surface area contributed by atoms with E-state index in [0.29, 0.717) is 6.54 Å². The van der Waals surface area contributed by atoms with Crippen LogP contribution in [0.5, 0.6) is 0 Å². The number of likely N-dealkylation sites (tertiary alicyclic amines) is 1. The SMILES string of the molecule is Cc1ccc(C(O)(CC(=O)N(C)C2CCCN(C)C2)C(F)(F)F)o1. The molecule has 24 heavy (non-hydrogen) atoms. The second-order valence-corrected chi connectivity index (χ2v) is 6.51. The molecular weight excluding hydrogens is 325 g/mol. The Morgan fingerprint density at radius 2 is 2.12 bits per heavy atom. The number of piperidine rings is 1. The van der Waals surface area contributed by atoms with Crippen LogP contribution in [-0.2, 0) is 10.4 Å². The lowest BCUT2D eigenvalue weighted by Gasteiger charge is -2.37. The van der Waals surface area contributed by atoms with E-state index in [4.69, 9.17) is 4.42 Å². The molecule has 1 saturated heterocycles. The lowest BCUT2D eigenvalue weighted by atomic mass is 9.94. The van der Waals surface area contributed by atoms with Crippen molar-refractivity contribution in [3.63, 3.8) is 0 Å². The van der Waals surface area contributed by atoms with Crippen molar-refractivity contribution >= 4 is 5.91 Å². The summed E-state index contributed by atoms with van der Waals surface area (Å²) in [5.41, 5.74) is -3.33. The number of halogens is 3. The lowest BCUT2D eigenvalue weighted by Crippen LogP contribution is -2.51. The Hall–Kier alpha value is -1.54. The average molecular weight is 348 g/mol. The van der Waals surface area contributed by atoms with Crippen LogP contribution in [-0.4, -0.2) is 60.2 Å². The maximum Gasteiger partial charge on any atom is 0.425 e. The van der Waals surface area contributed by atoms with Crippen LogP contribution in [0, 0.1) is 6.92 Å². The van der Waals surface area contributed by atoms with E-state index in [-0.39, 0.29) is 11.8 Å². The van der Waals surface area contributed by atoms with E-state index in [2.05, 4.69) is 0 Å². The number of aliphatic hydroxyl groups is 1. The standard InChI is InChI=1S/C16H23F3N2O3/c1-11-6-7-13(24-11)15(23,16(17,18)19)9-14(22)21(3)12-5-4-8-20(2)10-12/h6-7,12,23H,4-5,8-10H2,1-3H3. The molecule has 0 spiro atoms. The highest BCUT2D eigenvalue weighted by molar-refractivity contribution is 5.77. The zero-order valence-electron chi connectivity index (χ0n) is 14.1. The summed E-state index contributed by atoms with van der Waals surface area (Å²) in [6, 6.07) is 2.23. The summed E-state index contributed by atoms with van der Waals surface area (Å²) in [4.78, 5) is 15.7. The summed E-state index contributed by atoms with van der Waals surface area (Å²) in [5, 5.41) is 10.2. The van der Waals surface area contributed by atoms with E-state index in [1.165, 1.54) is 24.9 Å². The molecule has 5 nitrogen and oxygen atoms in total. The Morgan fingerprint density at radius 3 is 2.62 bits per heavy atom. The van der Waals surface area contributed by atoms with Crippen molar-refractivity contribution in [3.05, 3.63) is 23.7 Å². The molecule has 1 aliphatic rings. The van der Waals surface area contributed by atoms with Crippen molar-refractivity contribution in [1.82, 2.24) is 9.80 Å². The predicted molar refractivity (Wildman–Crippen MR) is 81.3 cm³/mol. The smallest absolute Gasteiger partial charge is 0.425 e. The quantitative estimate of drug-likeness (QED) is 0.907. The number of hydrogen-bond donors (Lipinski definition) is 1. The van der Waals surface area contributed by atoms with Gasteiger partial charge in [-0.1, -0.05) is 0 Å². The van der Waals surface area contributed by atoms with Crippen LogP contribution in [0.15, 0.2) is 16.5 Å². The number of nitrogens with zero attached hydrogens (tertiary/aromatic N) is 2. The predicted octanol–water partition coefficient (Wildman–Crippen LogP) is 2.28. The third-order valence-corrected chi connectivity index (χ3v) is 4.56. The highest BCUT2D eigenvalue weighted by Gasteiger charge is 2.58. The number of hydrogen-bond acceptors (Lipinski definition) is 4. The summed E-state index contributed by atoms with van der Waals surface area (Å²) in [6.45, 7) is 2.98. The highest BCUT2D eigenvalue weighted by Crippen LogP contribution is 2.42.